The first-order valence-corrected chi connectivity index (χ1v) is 5.41. The topological polar surface area (TPSA) is 55.8 Å². The molecule has 0 spiro atoms. The predicted octanol–water partition coefficient (Wildman–Crippen LogP) is 2.32. The molecule has 0 aromatic heterocycles. The molecule has 0 unspecified atom stereocenters. The van der Waals surface area contributed by atoms with E-state index >= 15 is 0 Å². The molecular formula is C14H16O4. The first kappa shape index (κ1) is 14.1. The lowest BCUT2D eigenvalue weighted by molar-refractivity contribution is 0.0144. The lowest BCUT2D eigenvalue weighted by atomic mass is 10.1. The Bertz CT molecular complexity index is 483. The Kier molecular flexibility index (Phi) is 4.35. The van der Waals surface area contributed by atoms with Crippen LogP contribution in [0.4, 0.5) is 0 Å². The zero-order valence-electron chi connectivity index (χ0n) is 10.7. The third-order valence-electron chi connectivity index (χ3n) is 2.44. The second-order valence-corrected chi connectivity index (χ2v) is 4.28. The van der Waals surface area contributed by atoms with Crippen molar-refractivity contribution in [3.05, 3.63) is 29.3 Å². The molecule has 0 saturated carbocycles. The Morgan fingerprint density at radius 2 is 2.17 bits per heavy atom. The first-order valence-electron chi connectivity index (χ1n) is 5.41. The highest BCUT2D eigenvalue weighted by Gasteiger charge is 2.15. The van der Waals surface area contributed by atoms with Gasteiger partial charge in [0.25, 0.3) is 0 Å². The molecule has 0 saturated heterocycles. The van der Waals surface area contributed by atoms with Gasteiger partial charge in [0.15, 0.2) is 0 Å². The minimum absolute atomic E-state index is 0.123. The Labute approximate surface area is 107 Å². The van der Waals surface area contributed by atoms with Gasteiger partial charge in [0, 0.05) is 0 Å². The summed E-state index contributed by atoms with van der Waals surface area (Å²) in [6, 6.07) is 4.80. The largest absolute Gasteiger partial charge is 0.496 e. The number of hydrogen-bond donors (Lipinski definition) is 1. The van der Waals surface area contributed by atoms with Crippen molar-refractivity contribution in [2.45, 2.75) is 26.1 Å². The molecule has 0 aliphatic rings. The number of methoxy groups -OCH3 is 1. The Morgan fingerprint density at radius 3 is 2.67 bits per heavy atom. The molecule has 0 fully saturated rings. The van der Waals surface area contributed by atoms with Crippen molar-refractivity contribution in [1.82, 2.24) is 0 Å². The lowest BCUT2D eigenvalue weighted by Gasteiger charge is -2.18. The van der Waals surface area contributed by atoms with Crippen LogP contribution in [0.3, 0.4) is 0 Å². The molecule has 18 heavy (non-hydrogen) atoms. The van der Waals surface area contributed by atoms with E-state index in [1.807, 2.05) is 0 Å². The van der Waals surface area contributed by atoms with Crippen molar-refractivity contribution in [1.29, 1.82) is 0 Å². The fourth-order valence-corrected chi connectivity index (χ4v) is 1.31. The quantitative estimate of drug-likeness (QED) is 0.812. The van der Waals surface area contributed by atoms with Gasteiger partial charge in [0.2, 0.25) is 0 Å². The standard InChI is InChI=1S/C14H16O4/c1-5-14(2,3)18-9-10-6-7-11(13(15)16)12(8-10)17-4/h1,6-8H,9H2,2-4H3,(H,15,16). The number of ether oxygens (including phenoxy) is 2. The van der Waals surface area contributed by atoms with Gasteiger partial charge in [0.05, 0.1) is 13.7 Å². The number of carboxylic acid groups (broad SMARTS) is 1. The second kappa shape index (κ2) is 5.56. The molecular weight excluding hydrogens is 232 g/mol. The SMILES string of the molecule is C#CC(C)(C)OCc1ccc(C(=O)O)c(OC)c1. The normalized spacial score (nSPS) is 10.8. The highest BCUT2D eigenvalue weighted by Crippen LogP contribution is 2.22. The minimum atomic E-state index is -1.02. The third kappa shape index (κ3) is 3.51. The van der Waals surface area contributed by atoms with Crippen LogP contribution in [0.15, 0.2) is 18.2 Å². The third-order valence-corrected chi connectivity index (χ3v) is 2.44. The molecule has 1 N–H and O–H groups in total. The summed E-state index contributed by atoms with van der Waals surface area (Å²) < 4.78 is 10.6. The molecule has 0 amide bonds. The van der Waals surface area contributed by atoms with Gasteiger partial charge in [0.1, 0.15) is 16.9 Å². The Balaban J connectivity index is 2.87. The molecule has 0 bridgehead atoms. The number of benzene rings is 1. The second-order valence-electron chi connectivity index (χ2n) is 4.28. The zero-order valence-corrected chi connectivity index (χ0v) is 10.7. The maximum atomic E-state index is 10.9. The van der Waals surface area contributed by atoms with Crippen LogP contribution in [0.2, 0.25) is 0 Å². The molecule has 1 aromatic carbocycles. The molecule has 0 heterocycles. The van der Waals surface area contributed by atoms with Gasteiger partial charge in [-0.05, 0) is 31.5 Å². The molecule has 0 aliphatic carbocycles. The minimum Gasteiger partial charge on any atom is -0.496 e. The van der Waals surface area contributed by atoms with Crippen LogP contribution in [0, 0.1) is 12.3 Å². The zero-order chi connectivity index (χ0) is 13.8. The molecule has 1 aromatic rings. The van der Waals surface area contributed by atoms with Crippen LogP contribution in [-0.4, -0.2) is 23.8 Å². The summed E-state index contributed by atoms with van der Waals surface area (Å²) in [7, 11) is 1.43. The fourth-order valence-electron chi connectivity index (χ4n) is 1.31. The van der Waals surface area contributed by atoms with Gasteiger partial charge in [-0.2, -0.15) is 0 Å². The molecule has 4 nitrogen and oxygen atoms in total. The number of rotatable bonds is 5. The van der Waals surface area contributed by atoms with E-state index in [2.05, 4.69) is 5.92 Å². The van der Waals surface area contributed by atoms with Gasteiger partial charge in [-0.15, -0.1) is 6.42 Å². The first-order chi connectivity index (χ1) is 8.39. The summed E-state index contributed by atoms with van der Waals surface area (Å²) in [4.78, 5) is 10.9. The van der Waals surface area contributed by atoms with Crippen molar-refractivity contribution in [3.63, 3.8) is 0 Å². The molecule has 0 aliphatic heterocycles. The van der Waals surface area contributed by atoms with Crippen molar-refractivity contribution >= 4 is 5.97 Å². The van der Waals surface area contributed by atoms with Gasteiger partial charge >= 0.3 is 5.97 Å². The van der Waals surface area contributed by atoms with E-state index in [0.29, 0.717) is 12.4 Å². The lowest BCUT2D eigenvalue weighted by Crippen LogP contribution is -2.21. The van der Waals surface area contributed by atoms with E-state index in [-0.39, 0.29) is 5.56 Å². The van der Waals surface area contributed by atoms with Crippen molar-refractivity contribution in [2.24, 2.45) is 0 Å². The number of carboxylic acids is 1. The number of hydrogen-bond acceptors (Lipinski definition) is 3. The number of carbonyl (C=O) groups is 1. The summed E-state index contributed by atoms with van der Waals surface area (Å²) in [5.74, 6) is 1.80. The molecule has 96 valence electrons. The van der Waals surface area contributed by atoms with Crippen LogP contribution in [-0.2, 0) is 11.3 Å². The van der Waals surface area contributed by atoms with Crippen LogP contribution in [0.5, 0.6) is 5.75 Å². The van der Waals surface area contributed by atoms with Crippen LogP contribution in [0.25, 0.3) is 0 Å². The van der Waals surface area contributed by atoms with Crippen molar-refractivity contribution < 1.29 is 19.4 Å². The summed E-state index contributed by atoms with van der Waals surface area (Å²) in [5.41, 5.74) is 0.274. The molecule has 1 rings (SSSR count). The van der Waals surface area contributed by atoms with Crippen LogP contribution >= 0.6 is 0 Å². The highest BCUT2D eigenvalue weighted by atomic mass is 16.5. The van der Waals surface area contributed by atoms with Crippen molar-refractivity contribution in [3.8, 4) is 18.1 Å². The average molecular weight is 248 g/mol. The van der Waals surface area contributed by atoms with E-state index in [1.165, 1.54) is 13.2 Å². The van der Waals surface area contributed by atoms with E-state index in [9.17, 15) is 4.79 Å². The molecule has 0 atom stereocenters. The number of terminal acetylenes is 1. The summed E-state index contributed by atoms with van der Waals surface area (Å²) in [6.07, 6.45) is 5.31. The van der Waals surface area contributed by atoms with E-state index in [0.717, 1.165) is 5.56 Å². The van der Waals surface area contributed by atoms with Gasteiger partial charge in [-0.25, -0.2) is 4.79 Å². The van der Waals surface area contributed by atoms with E-state index < -0.39 is 11.6 Å². The van der Waals surface area contributed by atoms with Crippen LogP contribution in [0.1, 0.15) is 29.8 Å². The van der Waals surface area contributed by atoms with E-state index in [4.69, 9.17) is 21.0 Å². The fraction of sp³-hybridized carbons (Fsp3) is 0.357. The maximum Gasteiger partial charge on any atom is 0.339 e. The molecule has 0 radical (unpaired) electrons. The monoisotopic (exact) mass is 248 g/mol. The Morgan fingerprint density at radius 1 is 1.50 bits per heavy atom. The van der Waals surface area contributed by atoms with Gasteiger partial charge in [-0.1, -0.05) is 12.0 Å². The smallest absolute Gasteiger partial charge is 0.339 e. The van der Waals surface area contributed by atoms with Gasteiger partial charge < -0.3 is 14.6 Å². The molecule has 4 heteroatoms. The predicted molar refractivity (Wildman–Crippen MR) is 67.7 cm³/mol. The average Bonchev–Trinajstić information content (AvgIpc) is 2.36. The van der Waals surface area contributed by atoms with E-state index in [1.54, 1.807) is 26.0 Å². The highest BCUT2D eigenvalue weighted by molar-refractivity contribution is 5.90. The summed E-state index contributed by atoms with van der Waals surface area (Å²) in [5, 5.41) is 8.95. The van der Waals surface area contributed by atoms with Crippen LogP contribution < -0.4 is 4.74 Å². The van der Waals surface area contributed by atoms with Gasteiger partial charge in [-0.3, -0.25) is 0 Å². The Hall–Kier alpha value is -1.99. The van der Waals surface area contributed by atoms with Crippen molar-refractivity contribution in [2.75, 3.05) is 7.11 Å². The summed E-state index contributed by atoms with van der Waals surface area (Å²) >= 11 is 0. The maximum absolute atomic E-state index is 10.9. The summed E-state index contributed by atoms with van der Waals surface area (Å²) in [6.45, 7) is 3.87. The number of aromatic carboxylic acids is 1.